The monoisotopic (exact) mass is 378 g/mol. The van der Waals surface area contributed by atoms with E-state index < -0.39 is 0 Å². The van der Waals surface area contributed by atoms with Crippen molar-refractivity contribution in [3.63, 3.8) is 0 Å². The summed E-state index contributed by atoms with van der Waals surface area (Å²) in [5.41, 5.74) is 3.29. The Bertz CT molecular complexity index is 1030. The Kier molecular flexibility index (Phi) is 5.20. The number of carbonyl (C=O) groups excluding carboxylic acids is 1. The molecule has 0 fully saturated rings. The van der Waals surface area contributed by atoms with Crippen LogP contribution < -0.4 is 5.32 Å². The number of rotatable bonds is 7. The first-order valence-corrected chi connectivity index (χ1v) is 9.60. The number of aryl methyl sites for hydroxylation is 2. The van der Waals surface area contributed by atoms with Gasteiger partial charge in [-0.25, -0.2) is 4.98 Å². The van der Waals surface area contributed by atoms with Crippen LogP contribution in [-0.2, 0) is 17.8 Å². The van der Waals surface area contributed by atoms with Crippen molar-refractivity contribution in [3.8, 4) is 0 Å². The lowest BCUT2D eigenvalue weighted by Crippen LogP contribution is -2.15. The smallest absolute Gasteiger partial charge is 0.236 e. The Morgan fingerprint density at radius 1 is 1.07 bits per heavy atom. The fraction of sp³-hybridized carbons (Fsp3) is 0.150. The lowest BCUT2D eigenvalue weighted by atomic mass is 10.1. The van der Waals surface area contributed by atoms with Gasteiger partial charge >= 0.3 is 0 Å². The molecule has 0 bridgehead atoms. The summed E-state index contributed by atoms with van der Waals surface area (Å²) in [5, 5.41) is 7.23. The van der Waals surface area contributed by atoms with E-state index in [2.05, 4.69) is 33.2 Å². The van der Waals surface area contributed by atoms with Gasteiger partial charge in [0.05, 0.1) is 16.8 Å². The molecule has 27 heavy (non-hydrogen) atoms. The number of aromatic nitrogens is 3. The fourth-order valence-electron chi connectivity index (χ4n) is 2.85. The van der Waals surface area contributed by atoms with Gasteiger partial charge in [-0.3, -0.25) is 4.79 Å². The predicted molar refractivity (Wildman–Crippen MR) is 106 cm³/mol. The van der Waals surface area contributed by atoms with Gasteiger partial charge in [-0.15, -0.1) is 0 Å². The van der Waals surface area contributed by atoms with E-state index in [-0.39, 0.29) is 11.7 Å². The number of thioether (sulfide) groups is 1. The molecule has 0 radical (unpaired) electrons. The molecule has 4 rings (SSSR count). The number of anilines is 1. The second kappa shape index (κ2) is 8.09. The van der Waals surface area contributed by atoms with Crippen LogP contribution in [0.3, 0.4) is 0 Å². The van der Waals surface area contributed by atoms with E-state index >= 15 is 0 Å². The average molecular weight is 378 g/mol. The Morgan fingerprint density at radius 2 is 1.89 bits per heavy atom. The van der Waals surface area contributed by atoms with Crippen LogP contribution in [0.1, 0.15) is 5.56 Å². The van der Waals surface area contributed by atoms with Gasteiger partial charge in [0.2, 0.25) is 5.91 Å². The second-order valence-electron chi connectivity index (χ2n) is 5.99. The van der Waals surface area contributed by atoms with Crippen molar-refractivity contribution >= 4 is 34.5 Å². The number of hydrogen-bond donors (Lipinski definition) is 1. The van der Waals surface area contributed by atoms with E-state index in [9.17, 15) is 4.79 Å². The maximum absolute atomic E-state index is 12.1. The van der Waals surface area contributed by atoms with E-state index in [4.69, 9.17) is 9.51 Å². The summed E-state index contributed by atoms with van der Waals surface area (Å²) in [6.45, 7) is 0.803. The summed E-state index contributed by atoms with van der Waals surface area (Å²) in [7, 11) is 0. The zero-order valence-electron chi connectivity index (χ0n) is 14.5. The summed E-state index contributed by atoms with van der Waals surface area (Å²) in [6, 6.07) is 20.0. The predicted octanol–water partition coefficient (Wildman–Crippen LogP) is 4.00. The van der Waals surface area contributed by atoms with Crippen LogP contribution in [0.2, 0.25) is 0 Å². The van der Waals surface area contributed by atoms with Crippen LogP contribution in [0.15, 0.2) is 76.6 Å². The zero-order valence-corrected chi connectivity index (χ0v) is 15.4. The Morgan fingerprint density at radius 3 is 2.70 bits per heavy atom. The molecule has 0 aliphatic rings. The molecule has 0 aliphatic heterocycles. The third kappa shape index (κ3) is 4.20. The minimum absolute atomic E-state index is 0.143. The zero-order chi connectivity index (χ0) is 18.5. The molecular weight excluding hydrogens is 360 g/mol. The SMILES string of the molecule is O=C(CSc1nc2ccccc2n1CCc1ccccc1)Nc1ccon1. The molecule has 6 nitrogen and oxygen atoms in total. The van der Waals surface area contributed by atoms with Crippen molar-refractivity contribution in [2.75, 3.05) is 11.1 Å². The Balaban J connectivity index is 1.50. The molecule has 2 aromatic heterocycles. The van der Waals surface area contributed by atoms with Crippen LogP contribution >= 0.6 is 11.8 Å². The van der Waals surface area contributed by atoms with Crippen LogP contribution in [0.5, 0.6) is 0 Å². The third-order valence-corrected chi connectivity index (χ3v) is 5.10. The molecule has 0 saturated carbocycles. The molecule has 1 amide bonds. The second-order valence-corrected chi connectivity index (χ2v) is 6.93. The molecule has 0 atom stereocenters. The number of hydrogen-bond acceptors (Lipinski definition) is 5. The summed E-state index contributed by atoms with van der Waals surface area (Å²) >= 11 is 1.42. The molecule has 0 aliphatic carbocycles. The molecule has 136 valence electrons. The molecule has 7 heteroatoms. The first kappa shape index (κ1) is 17.4. The highest BCUT2D eigenvalue weighted by atomic mass is 32.2. The molecule has 2 heterocycles. The van der Waals surface area contributed by atoms with Gasteiger partial charge in [0.15, 0.2) is 11.0 Å². The standard InChI is InChI=1S/C20H18N4O2S/c25-19(22-18-11-13-26-23-18)14-27-20-21-16-8-4-5-9-17(16)24(20)12-10-15-6-2-1-3-7-15/h1-9,11,13H,10,12,14H2,(H,22,23,25). The van der Waals surface area contributed by atoms with Gasteiger partial charge in [0, 0.05) is 12.6 Å². The van der Waals surface area contributed by atoms with Crippen molar-refractivity contribution < 1.29 is 9.32 Å². The normalized spacial score (nSPS) is 11.0. The highest BCUT2D eigenvalue weighted by molar-refractivity contribution is 7.99. The van der Waals surface area contributed by atoms with Crippen molar-refractivity contribution in [1.82, 2.24) is 14.7 Å². The van der Waals surface area contributed by atoms with E-state index in [1.54, 1.807) is 6.07 Å². The van der Waals surface area contributed by atoms with Crippen molar-refractivity contribution in [1.29, 1.82) is 0 Å². The maximum Gasteiger partial charge on any atom is 0.236 e. The number of nitrogens with one attached hydrogen (secondary N) is 1. The Labute approximate surface area is 160 Å². The molecular formula is C20H18N4O2S. The van der Waals surface area contributed by atoms with Gasteiger partial charge in [-0.05, 0) is 24.1 Å². The number of fused-ring (bicyclic) bond motifs is 1. The molecule has 0 saturated heterocycles. The quantitative estimate of drug-likeness (QED) is 0.492. The summed E-state index contributed by atoms with van der Waals surface area (Å²) in [4.78, 5) is 16.8. The van der Waals surface area contributed by atoms with Gasteiger partial charge in [-0.1, -0.05) is 59.4 Å². The number of nitrogens with zero attached hydrogens (tertiary/aromatic N) is 3. The van der Waals surface area contributed by atoms with Crippen LogP contribution in [0.4, 0.5) is 5.82 Å². The van der Waals surface area contributed by atoms with E-state index in [1.165, 1.54) is 23.6 Å². The molecule has 2 aromatic carbocycles. The summed E-state index contributed by atoms with van der Waals surface area (Å²) in [6.07, 6.45) is 2.33. The van der Waals surface area contributed by atoms with Gasteiger partial charge < -0.3 is 14.4 Å². The van der Waals surface area contributed by atoms with E-state index in [1.807, 2.05) is 36.4 Å². The van der Waals surface area contributed by atoms with Crippen molar-refractivity contribution in [2.45, 2.75) is 18.1 Å². The average Bonchev–Trinajstić information content (AvgIpc) is 3.33. The molecule has 1 N–H and O–H groups in total. The number of carbonyl (C=O) groups is 1. The number of para-hydroxylation sites is 2. The molecule has 4 aromatic rings. The lowest BCUT2D eigenvalue weighted by Gasteiger charge is -2.09. The van der Waals surface area contributed by atoms with Crippen LogP contribution in [0, 0.1) is 0 Å². The minimum Gasteiger partial charge on any atom is -0.363 e. The minimum atomic E-state index is -0.143. The maximum atomic E-state index is 12.1. The number of imidazole rings is 1. The topological polar surface area (TPSA) is 73.0 Å². The third-order valence-electron chi connectivity index (χ3n) is 4.12. The highest BCUT2D eigenvalue weighted by Gasteiger charge is 2.13. The van der Waals surface area contributed by atoms with Gasteiger partial charge in [0.25, 0.3) is 0 Å². The van der Waals surface area contributed by atoms with Crippen LogP contribution in [0.25, 0.3) is 11.0 Å². The highest BCUT2D eigenvalue weighted by Crippen LogP contribution is 2.24. The molecule has 0 unspecified atom stereocenters. The largest absolute Gasteiger partial charge is 0.363 e. The summed E-state index contributed by atoms with van der Waals surface area (Å²) < 4.78 is 6.90. The van der Waals surface area contributed by atoms with Gasteiger partial charge in [0.1, 0.15) is 6.26 Å². The van der Waals surface area contributed by atoms with Crippen molar-refractivity contribution in [3.05, 3.63) is 72.5 Å². The lowest BCUT2D eigenvalue weighted by molar-refractivity contribution is -0.113. The van der Waals surface area contributed by atoms with E-state index in [0.29, 0.717) is 5.82 Å². The first-order chi connectivity index (χ1) is 13.3. The first-order valence-electron chi connectivity index (χ1n) is 8.62. The van der Waals surface area contributed by atoms with Gasteiger partial charge in [-0.2, -0.15) is 0 Å². The van der Waals surface area contributed by atoms with Crippen molar-refractivity contribution in [2.24, 2.45) is 0 Å². The number of benzene rings is 2. The molecule has 0 spiro atoms. The van der Waals surface area contributed by atoms with E-state index in [0.717, 1.165) is 29.2 Å². The fourth-order valence-corrected chi connectivity index (χ4v) is 3.69. The Hall–Kier alpha value is -3.06. The van der Waals surface area contributed by atoms with Crippen LogP contribution in [-0.4, -0.2) is 26.4 Å². The summed E-state index contributed by atoms with van der Waals surface area (Å²) in [5.74, 6) is 0.523. The number of amides is 1.